The zero-order chi connectivity index (χ0) is 24.9. The van der Waals surface area contributed by atoms with Gasteiger partial charge in [0.15, 0.2) is 0 Å². The maximum Gasteiger partial charge on any atom is 0.295 e. The number of ether oxygens (including phenoxy) is 2. The first kappa shape index (κ1) is 25.0. The van der Waals surface area contributed by atoms with Crippen molar-refractivity contribution < 1.29 is 29.3 Å². The molecule has 186 valence electrons. The summed E-state index contributed by atoms with van der Waals surface area (Å²) in [6.45, 7) is 6.41. The van der Waals surface area contributed by atoms with Crippen LogP contribution in [0, 0.1) is 0 Å². The highest BCUT2D eigenvalue weighted by molar-refractivity contribution is 6.46. The van der Waals surface area contributed by atoms with Crippen molar-refractivity contribution in [3.05, 3.63) is 64.2 Å². The Morgan fingerprint density at radius 3 is 2.66 bits per heavy atom. The van der Waals surface area contributed by atoms with Crippen molar-refractivity contribution in [1.29, 1.82) is 0 Å². The molecule has 9 heteroatoms. The molecule has 2 saturated heterocycles. The summed E-state index contributed by atoms with van der Waals surface area (Å²) in [7, 11) is 0. The van der Waals surface area contributed by atoms with Crippen LogP contribution in [0.4, 0.5) is 0 Å². The second-order valence-electron chi connectivity index (χ2n) is 8.47. The first-order chi connectivity index (χ1) is 16.9. The Labute approximate surface area is 209 Å². The summed E-state index contributed by atoms with van der Waals surface area (Å²) in [5.41, 5.74) is 0.534. The van der Waals surface area contributed by atoms with Crippen molar-refractivity contribution in [2.75, 3.05) is 46.0 Å². The van der Waals surface area contributed by atoms with Gasteiger partial charge >= 0.3 is 0 Å². The maximum atomic E-state index is 13.2. The molecule has 2 aliphatic rings. The second kappa shape index (κ2) is 11.1. The first-order valence-electron chi connectivity index (χ1n) is 11.7. The zero-order valence-corrected chi connectivity index (χ0v) is 20.3. The largest absolute Gasteiger partial charge is 0.507 e. The van der Waals surface area contributed by atoms with E-state index < -0.39 is 23.5 Å². The molecule has 0 radical (unpaired) electrons. The van der Waals surface area contributed by atoms with Crippen LogP contribution in [0.3, 0.4) is 0 Å². The average molecular weight is 501 g/mol. The molecule has 1 unspecified atom stereocenters. The number of rotatable bonds is 8. The van der Waals surface area contributed by atoms with Crippen LogP contribution in [0.1, 0.15) is 30.5 Å². The Morgan fingerprint density at radius 2 is 1.91 bits per heavy atom. The predicted molar refractivity (Wildman–Crippen MR) is 132 cm³/mol. The van der Waals surface area contributed by atoms with E-state index in [-0.39, 0.29) is 21.9 Å². The second-order valence-corrected chi connectivity index (χ2v) is 8.90. The predicted octanol–water partition coefficient (Wildman–Crippen LogP) is 3.59. The monoisotopic (exact) mass is 500 g/mol. The molecular formula is C26H29ClN2O6. The van der Waals surface area contributed by atoms with Gasteiger partial charge in [-0.25, -0.2) is 0 Å². The molecule has 2 heterocycles. The molecule has 2 aromatic carbocycles. The fourth-order valence-corrected chi connectivity index (χ4v) is 4.70. The summed E-state index contributed by atoms with van der Waals surface area (Å²) in [4.78, 5) is 30.1. The number of Topliss-reactive ketones (excluding diaryl/α,β-unsaturated/α-hetero) is 1. The van der Waals surface area contributed by atoms with Gasteiger partial charge in [0.2, 0.25) is 0 Å². The minimum absolute atomic E-state index is 0.00483. The molecule has 4 rings (SSSR count). The lowest BCUT2D eigenvalue weighted by molar-refractivity contribution is -0.140. The SMILES string of the molecule is CCOc1cccc(C2/C(=C(\O)c3cc(Cl)ccc3O)C(=O)C(=O)N2CCCN2CCOCC2)c1. The third kappa shape index (κ3) is 5.45. The lowest BCUT2D eigenvalue weighted by Crippen LogP contribution is -2.38. The minimum Gasteiger partial charge on any atom is -0.507 e. The van der Waals surface area contributed by atoms with E-state index in [0.29, 0.717) is 44.1 Å². The van der Waals surface area contributed by atoms with Crippen LogP contribution in [-0.2, 0) is 14.3 Å². The number of carbonyl (C=O) groups is 2. The van der Waals surface area contributed by atoms with Crippen molar-refractivity contribution in [1.82, 2.24) is 9.80 Å². The summed E-state index contributed by atoms with van der Waals surface area (Å²) in [6, 6.07) is 10.5. The zero-order valence-electron chi connectivity index (χ0n) is 19.6. The van der Waals surface area contributed by atoms with Gasteiger partial charge < -0.3 is 24.6 Å². The fraction of sp³-hybridized carbons (Fsp3) is 0.385. The standard InChI is InChI=1S/C26H29ClN2O6/c1-2-35-19-6-3-5-17(15-19)23-22(24(31)20-16-18(27)7-8-21(20)30)25(32)26(33)29(23)10-4-9-28-11-13-34-14-12-28/h3,5-8,15-16,23,30-31H,2,4,9-14H2,1H3/b24-22+. The Balaban J connectivity index is 1.72. The summed E-state index contributed by atoms with van der Waals surface area (Å²) >= 11 is 6.08. The van der Waals surface area contributed by atoms with Crippen LogP contribution < -0.4 is 4.74 Å². The highest BCUT2D eigenvalue weighted by Gasteiger charge is 2.46. The summed E-state index contributed by atoms with van der Waals surface area (Å²) in [5.74, 6) is -1.62. The molecule has 0 aromatic heterocycles. The van der Waals surface area contributed by atoms with Crippen molar-refractivity contribution in [3.8, 4) is 11.5 Å². The number of phenols is 1. The molecule has 2 aliphatic heterocycles. The Kier molecular flexibility index (Phi) is 7.95. The van der Waals surface area contributed by atoms with Gasteiger partial charge in [-0.3, -0.25) is 14.5 Å². The van der Waals surface area contributed by atoms with Gasteiger partial charge in [0.05, 0.1) is 37.0 Å². The minimum atomic E-state index is -0.835. The van der Waals surface area contributed by atoms with Gasteiger partial charge in [0, 0.05) is 31.2 Å². The first-order valence-corrected chi connectivity index (χ1v) is 12.1. The number of halogens is 1. The number of nitrogens with zero attached hydrogens (tertiary/aromatic N) is 2. The highest BCUT2D eigenvalue weighted by Crippen LogP contribution is 2.42. The van der Waals surface area contributed by atoms with Crippen molar-refractivity contribution in [3.63, 3.8) is 0 Å². The Bertz CT molecular complexity index is 1130. The average Bonchev–Trinajstić information content (AvgIpc) is 3.11. The molecule has 35 heavy (non-hydrogen) atoms. The van der Waals surface area contributed by atoms with Crippen LogP contribution in [-0.4, -0.2) is 77.7 Å². The van der Waals surface area contributed by atoms with Gasteiger partial charge in [0.1, 0.15) is 17.3 Å². The molecule has 0 aliphatic carbocycles. The number of ketones is 1. The van der Waals surface area contributed by atoms with Gasteiger partial charge in [-0.1, -0.05) is 23.7 Å². The van der Waals surface area contributed by atoms with Gasteiger partial charge in [-0.15, -0.1) is 0 Å². The van der Waals surface area contributed by atoms with E-state index in [9.17, 15) is 19.8 Å². The van der Waals surface area contributed by atoms with Crippen molar-refractivity contribution >= 4 is 29.1 Å². The molecule has 0 saturated carbocycles. The summed E-state index contributed by atoms with van der Waals surface area (Å²) < 4.78 is 11.0. The fourth-order valence-electron chi connectivity index (χ4n) is 4.53. The number of phenolic OH excluding ortho intramolecular Hbond substituents is 1. The number of carbonyl (C=O) groups excluding carboxylic acids is 2. The molecule has 1 atom stereocenters. The van der Waals surface area contributed by atoms with Crippen LogP contribution >= 0.6 is 11.6 Å². The molecule has 2 fully saturated rings. The van der Waals surface area contributed by atoms with E-state index in [1.807, 2.05) is 6.92 Å². The van der Waals surface area contributed by atoms with Gasteiger partial charge in [0.25, 0.3) is 11.7 Å². The number of hydrogen-bond acceptors (Lipinski definition) is 7. The van der Waals surface area contributed by atoms with Crippen molar-refractivity contribution in [2.45, 2.75) is 19.4 Å². The number of aromatic hydroxyl groups is 1. The molecule has 8 nitrogen and oxygen atoms in total. The van der Waals surface area contributed by atoms with Gasteiger partial charge in [-0.05, 0) is 49.2 Å². The highest BCUT2D eigenvalue weighted by atomic mass is 35.5. The topological polar surface area (TPSA) is 99.5 Å². The quantitative estimate of drug-likeness (QED) is 0.324. The number of benzene rings is 2. The Hall–Kier alpha value is -3.07. The van der Waals surface area contributed by atoms with E-state index in [4.69, 9.17) is 21.1 Å². The third-order valence-electron chi connectivity index (χ3n) is 6.22. The van der Waals surface area contributed by atoms with Crippen LogP contribution in [0.15, 0.2) is 48.0 Å². The smallest absolute Gasteiger partial charge is 0.295 e. The molecular weight excluding hydrogens is 472 g/mol. The summed E-state index contributed by atoms with van der Waals surface area (Å²) in [6.07, 6.45) is 0.650. The van der Waals surface area contributed by atoms with E-state index >= 15 is 0 Å². The molecule has 0 bridgehead atoms. The molecule has 0 spiro atoms. The number of aliphatic hydroxyl groups excluding tert-OH is 1. The number of hydrogen-bond donors (Lipinski definition) is 2. The number of amides is 1. The van der Waals surface area contributed by atoms with Gasteiger partial charge in [-0.2, -0.15) is 0 Å². The van der Waals surface area contributed by atoms with E-state index in [0.717, 1.165) is 19.6 Å². The molecule has 2 N–H and O–H groups in total. The van der Waals surface area contributed by atoms with E-state index in [2.05, 4.69) is 4.90 Å². The lowest BCUT2D eigenvalue weighted by Gasteiger charge is -2.29. The maximum absolute atomic E-state index is 13.2. The Morgan fingerprint density at radius 1 is 1.14 bits per heavy atom. The van der Waals surface area contributed by atoms with Crippen LogP contribution in [0.5, 0.6) is 11.5 Å². The third-order valence-corrected chi connectivity index (χ3v) is 6.45. The summed E-state index contributed by atoms with van der Waals surface area (Å²) in [5, 5.41) is 21.8. The van der Waals surface area contributed by atoms with Crippen LogP contribution in [0.25, 0.3) is 5.76 Å². The van der Waals surface area contributed by atoms with Crippen molar-refractivity contribution in [2.24, 2.45) is 0 Å². The lowest BCUT2D eigenvalue weighted by atomic mass is 9.94. The number of likely N-dealkylation sites (tertiary alicyclic amines) is 1. The van der Waals surface area contributed by atoms with E-state index in [1.54, 1.807) is 24.3 Å². The number of morpholine rings is 1. The normalized spacial score (nSPS) is 20.4. The molecule has 2 aromatic rings. The van der Waals surface area contributed by atoms with Crippen LogP contribution in [0.2, 0.25) is 5.02 Å². The van der Waals surface area contributed by atoms with E-state index in [1.165, 1.54) is 23.1 Å². The molecule has 1 amide bonds. The number of aliphatic hydroxyl groups is 1.